The standard InChI is InChI=1S/C18H25N3O2/c1-2-3-4-7-13-19-17(22)12-8-11-16-20-15-10-6-5-9-14(15)18(23)21-16/h5-6,9-10H,2-4,7-8,11-13H2,1H3,(H,19,22)(H,20,21,23). The van der Waals surface area contributed by atoms with Crippen molar-refractivity contribution in [2.24, 2.45) is 0 Å². The highest BCUT2D eigenvalue weighted by Gasteiger charge is 2.05. The number of H-pyrrole nitrogens is 1. The van der Waals surface area contributed by atoms with Crippen LogP contribution < -0.4 is 10.9 Å². The Morgan fingerprint density at radius 3 is 2.83 bits per heavy atom. The number of para-hydroxylation sites is 1. The fraction of sp³-hybridized carbons (Fsp3) is 0.500. The number of hydrogen-bond acceptors (Lipinski definition) is 3. The third kappa shape index (κ3) is 5.51. The minimum atomic E-state index is -0.119. The first-order chi connectivity index (χ1) is 11.2. The van der Waals surface area contributed by atoms with Crippen LogP contribution in [0.4, 0.5) is 0 Å². The van der Waals surface area contributed by atoms with E-state index in [0.29, 0.717) is 36.0 Å². The average molecular weight is 315 g/mol. The van der Waals surface area contributed by atoms with Gasteiger partial charge in [-0.15, -0.1) is 0 Å². The molecule has 0 unspecified atom stereocenters. The van der Waals surface area contributed by atoms with E-state index in [1.165, 1.54) is 19.3 Å². The maximum Gasteiger partial charge on any atom is 0.258 e. The Morgan fingerprint density at radius 1 is 1.17 bits per heavy atom. The zero-order valence-electron chi connectivity index (χ0n) is 13.7. The molecule has 0 saturated heterocycles. The number of rotatable bonds is 9. The molecule has 0 spiro atoms. The SMILES string of the molecule is CCCCCCNC(=O)CCCc1nc2ccccc2c(=O)[nH]1. The lowest BCUT2D eigenvalue weighted by atomic mass is 10.2. The van der Waals surface area contributed by atoms with Crippen molar-refractivity contribution in [3.63, 3.8) is 0 Å². The van der Waals surface area contributed by atoms with Crippen molar-refractivity contribution in [2.45, 2.75) is 51.9 Å². The lowest BCUT2D eigenvalue weighted by molar-refractivity contribution is -0.121. The minimum Gasteiger partial charge on any atom is -0.356 e. The van der Waals surface area contributed by atoms with Gasteiger partial charge in [-0.1, -0.05) is 38.3 Å². The van der Waals surface area contributed by atoms with Gasteiger partial charge in [0.15, 0.2) is 0 Å². The summed E-state index contributed by atoms with van der Waals surface area (Å²) in [6.45, 7) is 2.92. The van der Waals surface area contributed by atoms with Gasteiger partial charge in [0.25, 0.3) is 5.56 Å². The number of carbonyl (C=O) groups is 1. The van der Waals surface area contributed by atoms with Crippen LogP contribution in [0.1, 0.15) is 51.3 Å². The van der Waals surface area contributed by atoms with Crippen LogP contribution in [0, 0.1) is 0 Å². The molecule has 0 bridgehead atoms. The van der Waals surface area contributed by atoms with E-state index < -0.39 is 0 Å². The molecule has 23 heavy (non-hydrogen) atoms. The Bertz CT molecular complexity index is 694. The van der Waals surface area contributed by atoms with Gasteiger partial charge < -0.3 is 10.3 Å². The van der Waals surface area contributed by atoms with Gasteiger partial charge in [0, 0.05) is 19.4 Å². The smallest absolute Gasteiger partial charge is 0.258 e. The molecule has 2 N–H and O–H groups in total. The van der Waals surface area contributed by atoms with Crippen molar-refractivity contribution in [1.82, 2.24) is 15.3 Å². The Kier molecular flexibility index (Phi) is 6.78. The fourth-order valence-corrected chi connectivity index (χ4v) is 2.54. The number of benzene rings is 1. The molecule has 5 nitrogen and oxygen atoms in total. The largest absolute Gasteiger partial charge is 0.356 e. The van der Waals surface area contributed by atoms with E-state index in [-0.39, 0.29) is 11.5 Å². The van der Waals surface area contributed by atoms with E-state index in [1.807, 2.05) is 18.2 Å². The molecule has 0 aliphatic rings. The van der Waals surface area contributed by atoms with Gasteiger partial charge in [0.1, 0.15) is 5.82 Å². The van der Waals surface area contributed by atoms with Gasteiger partial charge in [0.2, 0.25) is 5.91 Å². The summed E-state index contributed by atoms with van der Waals surface area (Å²) < 4.78 is 0. The first-order valence-electron chi connectivity index (χ1n) is 8.45. The molecule has 1 amide bonds. The molecule has 1 aromatic carbocycles. The number of aromatic nitrogens is 2. The number of fused-ring (bicyclic) bond motifs is 1. The zero-order valence-corrected chi connectivity index (χ0v) is 13.7. The molecule has 2 aromatic rings. The number of aryl methyl sites for hydroxylation is 1. The highest BCUT2D eigenvalue weighted by molar-refractivity contribution is 5.77. The zero-order chi connectivity index (χ0) is 16.5. The van der Waals surface area contributed by atoms with Crippen LogP contribution >= 0.6 is 0 Å². The first kappa shape index (κ1) is 17.2. The number of hydrogen-bond donors (Lipinski definition) is 2. The molecule has 0 radical (unpaired) electrons. The number of nitrogens with one attached hydrogen (secondary N) is 2. The average Bonchev–Trinajstić information content (AvgIpc) is 2.55. The maximum atomic E-state index is 11.9. The molecule has 1 heterocycles. The van der Waals surface area contributed by atoms with E-state index in [1.54, 1.807) is 6.07 Å². The van der Waals surface area contributed by atoms with Crippen LogP contribution in [0.25, 0.3) is 10.9 Å². The highest BCUT2D eigenvalue weighted by Crippen LogP contribution is 2.07. The molecule has 0 saturated carbocycles. The number of amides is 1. The molecule has 0 aliphatic heterocycles. The van der Waals surface area contributed by atoms with Crippen LogP contribution in [0.15, 0.2) is 29.1 Å². The summed E-state index contributed by atoms with van der Waals surface area (Å²) in [7, 11) is 0. The fourth-order valence-electron chi connectivity index (χ4n) is 2.54. The Morgan fingerprint density at radius 2 is 2.00 bits per heavy atom. The second kappa shape index (κ2) is 9.08. The quantitative estimate of drug-likeness (QED) is 0.699. The van der Waals surface area contributed by atoms with Gasteiger partial charge in [-0.2, -0.15) is 0 Å². The molecular weight excluding hydrogens is 290 g/mol. The molecular formula is C18H25N3O2. The second-order valence-corrected chi connectivity index (χ2v) is 5.79. The minimum absolute atomic E-state index is 0.0737. The Balaban J connectivity index is 1.76. The van der Waals surface area contributed by atoms with Crippen LogP contribution in [-0.4, -0.2) is 22.4 Å². The van der Waals surface area contributed by atoms with Crippen LogP contribution in [-0.2, 0) is 11.2 Å². The number of carbonyl (C=O) groups excluding carboxylic acids is 1. The summed E-state index contributed by atoms with van der Waals surface area (Å²) in [5, 5.41) is 3.54. The van der Waals surface area contributed by atoms with Gasteiger partial charge in [-0.3, -0.25) is 9.59 Å². The lowest BCUT2D eigenvalue weighted by Gasteiger charge is -2.05. The van der Waals surface area contributed by atoms with Crippen molar-refractivity contribution >= 4 is 16.8 Å². The van der Waals surface area contributed by atoms with Crippen molar-refractivity contribution in [1.29, 1.82) is 0 Å². The monoisotopic (exact) mass is 315 g/mol. The molecule has 124 valence electrons. The first-order valence-corrected chi connectivity index (χ1v) is 8.45. The third-order valence-corrected chi connectivity index (χ3v) is 3.83. The third-order valence-electron chi connectivity index (χ3n) is 3.83. The second-order valence-electron chi connectivity index (χ2n) is 5.79. The molecule has 1 aromatic heterocycles. The number of aromatic amines is 1. The number of unbranched alkanes of at least 4 members (excludes halogenated alkanes) is 3. The van der Waals surface area contributed by atoms with E-state index >= 15 is 0 Å². The summed E-state index contributed by atoms with van der Waals surface area (Å²) >= 11 is 0. The summed E-state index contributed by atoms with van der Waals surface area (Å²) in [5.74, 6) is 0.717. The molecule has 0 fully saturated rings. The lowest BCUT2D eigenvalue weighted by Crippen LogP contribution is -2.24. The highest BCUT2D eigenvalue weighted by atomic mass is 16.1. The van der Waals surface area contributed by atoms with Gasteiger partial charge in [0.05, 0.1) is 10.9 Å². The predicted molar refractivity (Wildman–Crippen MR) is 92.5 cm³/mol. The molecule has 0 atom stereocenters. The molecule has 2 rings (SSSR count). The van der Waals surface area contributed by atoms with Gasteiger partial charge >= 0.3 is 0 Å². The topological polar surface area (TPSA) is 74.8 Å². The van der Waals surface area contributed by atoms with Crippen LogP contribution in [0.2, 0.25) is 0 Å². The Labute approximate surface area is 136 Å². The molecule has 5 heteroatoms. The summed E-state index contributed by atoms with van der Waals surface area (Å²) in [5.41, 5.74) is 0.581. The van der Waals surface area contributed by atoms with Gasteiger partial charge in [-0.05, 0) is 25.0 Å². The van der Waals surface area contributed by atoms with Gasteiger partial charge in [-0.25, -0.2) is 4.98 Å². The van der Waals surface area contributed by atoms with Crippen molar-refractivity contribution < 1.29 is 4.79 Å². The van der Waals surface area contributed by atoms with Crippen molar-refractivity contribution in [3.8, 4) is 0 Å². The predicted octanol–water partition coefficient (Wildman–Crippen LogP) is 2.94. The van der Waals surface area contributed by atoms with E-state index in [2.05, 4.69) is 22.2 Å². The van der Waals surface area contributed by atoms with E-state index in [0.717, 1.165) is 13.0 Å². The summed E-state index contributed by atoms with van der Waals surface area (Å²) in [6, 6.07) is 7.28. The summed E-state index contributed by atoms with van der Waals surface area (Å²) in [4.78, 5) is 30.9. The van der Waals surface area contributed by atoms with Crippen molar-refractivity contribution in [3.05, 3.63) is 40.4 Å². The van der Waals surface area contributed by atoms with Crippen LogP contribution in [0.5, 0.6) is 0 Å². The maximum absolute atomic E-state index is 11.9. The van der Waals surface area contributed by atoms with Crippen molar-refractivity contribution in [2.75, 3.05) is 6.54 Å². The number of nitrogens with zero attached hydrogens (tertiary/aromatic N) is 1. The normalized spacial score (nSPS) is 10.8. The molecule has 0 aliphatic carbocycles. The van der Waals surface area contributed by atoms with E-state index in [9.17, 15) is 9.59 Å². The van der Waals surface area contributed by atoms with Crippen LogP contribution in [0.3, 0.4) is 0 Å². The van der Waals surface area contributed by atoms with E-state index in [4.69, 9.17) is 0 Å². The Hall–Kier alpha value is -2.17. The summed E-state index contributed by atoms with van der Waals surface area (Å²) in [6.07, 6.45) is 6.37.